The molecule has 0 aliphatic carbocycles. The Kier molecular flexibility index (Phi) is 5.22. The predicted molar refractivity (Wildman–Crippen MR) is 43.1 cm³/mol. The van der Waals surface area contributed by atoms with Gasteiger partial charge in [-0.05, 0) is 19.9 Å². The maximum Gasteiger partial charge on any atom is 0.149 e. The lowest BCUT2D eigenvalue weighted by Gasteiger charge is -2.09. The molecular weight excluding hydrogens is 126 g/mol. The van der Waals surface area contributed by atoms with Crippen LogP contribution >= 0.6 is 0 Å². The first kappa shape index (κ1) is 9.63. The van der Waals surface area contributed by atoms with Crippen molar-refractivity contribution in [2.75, 3.05) is 6.54 Å². The van der Waals surface area contributed by atoms with E-state index in [-0.39, 0.29) is 6.04 Å². The van der Waals surface area contributed by atoms with E-state index in [9.17, 15) is 4.79 Å². The normalized spacial score (nSPS) is 13.1. The van der Waals surface area contributed by atoms with E-state index in [1.54, 1.807) is 0 Å². The molecule has 0 radical (unpaired) electrons. The molecule has 0 saturated heterocycles. The third kappa shape index (κ3) is 3.62. The Morgan fingerprint density at radius 3 is 2.50 bits per heavy atom. The van der Waals surface area contributed by atoms with Crippen LogP contribution in [0.5, 0.6) is 0 Å². The molecule has 1 atom stereocenters. The largest absolute Gasteiger partial charge is 0.308 e. The first-order valence-corrected chi connectivity index (χ1v) is 3.98. The van der Waals surface area contributed by atoms with Crippen molar-refractivity contribution in [3.8, 4) is 0 Å². The Labute approximate surface area is 63.0 Å². The van der Waals surface area contributed by atoms with Gasteiger partial charge >= 0.3 is 0 Å². The fourth-order valence-corrected chi connectivity index (χ4v) is 0.781. The van der Waals surface area contributed by atoms with Gasteiger partial charge in [0.1, 0.15) is 5.78 Å². The smallest absolute Gasteiger partial charge is 0.149 e. The third-order valence-electron chi connectivity index (χ3n) is 1.53. The van der Waals surface area contributed by atoms with Crippen molar-refractivity contribution in [3.05, 3.63) is 0 Å². The summed E-state index contributed by atoms with van der Waals surface area (Å²) in [5, 5.41) is 3.13. The average molecular weight is 143 g/mol. The Balaban J connectivity index is 3.41. The van der Waals surface area contributed by atoms with Crippen LogP contribution in [0.3, 0.4) is 0 Å². The molecule has 0 aliphatic heterocycles. The molecule has 1 unspecified atom stereocenters. The van der Waals surface area contributed by atoms with Crippen LogP contribution in [0, 0.1) is 0 Å². The van der Waals surface area contributed by atoms with E-state index in [4.69, 9.17) is 0 Å². The standard InChI is InChI=1S/C8H17NO/c1-4-6-9-7(3)8(10)5-2/h7,9H,4-6H2,1-3H3. The molecule has 0 spiro atoms. The van der Waals surface area contributed by atoms with E-state index < -0.39 is 0 Å². The van der Waals surface area contributed by atoms with Gasteiger partial charge in [0, 0.05) is 6.42 Å². The number of hydrogen-bond donors (Lipinski definition) is 1. The Morgan fingerprint density at radius 1 is 1.50 bits per heavy atom. The van der Waals surface area contributed by atoms with Gasteiger partial charge < -0.3 is 5.32 Å². The van der Waals surface area contributed by atoms with Crippen molar-refractivity contribution in [1.29, 1.82) is 0 Å². The highest BCUT2D eigenvalue weighted by Crippen LogP contribution is 1.89. The number of Topliss-reactive ketones (excluding diaryl/α,β-unsaturated/α-hetero) is 1. The Bertz CT molecular complexity index is 101. The molecule has 0 aliphatic rings. The quantitative estimate of drug-likeness (QED) is 0.629. The lowest BCUT2D eigenvalue weighted by atomic mass is 10.2. The van der Waals surface area contributed by atoms with E-state index in [1.165, 1.54) is 0 Å². The molecule has 0 amide bonds. The molecule has 0 aromatic rings. The average Bonchev–Trinajstić information content (AvgIpc) is 1.98. The summed E-state index contributed by atoms with van der Waals surface area (Å²) in [6.07, 6.45) is 1.72. The van der Waals surface area contributed by atoms with E-state index in [0.717, 1.165) is 13.0 Å². The topological polar surface area (TPSA) is 29.1 Å². The molecule has 0 rings (SSSR count). The number of rotatable bonds is 5. The fraction of sp³-hybridized carbons (Fsp3) is 0.875. The minimum Gasteiger partial charge on any atom is -0.308 e. The Hall–Kier alpha value is -0.370. The van der Waals surface area contributed by atoms with Gasteiger partial charge in [0.2, 0.25) is 0 Å². The molecule has 0 aromatic heterocycles. The number of hydrogen-bond acceptors (Lipinski definition) is 2. The van der Waals surface area contributed by atoms with Gasteiger partial charge in [-0.15, -0.1) is 0 Å². The number of carbonyl (C=O) groups is 1. The zero-order valence-electron chi connectivity index (χ0n) is 7.11. The first-order chi connectivity index (χ1) is 4.72. The Morgan fingerprint density at radius 2 is 2.10 bits per heavy atom. The van der Waals surface area contributed by atoms with Gasteiger partial charge in [-0.25, -0.2) is 0 Å². The number of carbonyl (C=O) groups excluding carboxylic acids is 1. The van der Waals surface area contributed by atoms with Crippen molar-refractivity contribution < 1.29 is 4.79 Å². The van der Waals surface area contributed by atoms with Crippen LogP contribution in [0.1, 0.15) is 33.6 Å². The van der Waals surface area contributed by atoms with E-state index in [1.807, 2.05) is 13.8 Å². The minimum atomic E-state index is 0.0462. The highest BCUT2D eigenvalue weighted by molar-refractivity contribution is 5.83. The van der Waals surface area contributed by atoms with Crippen molar-refractivity contribution in [3.63, 3.8) is 0 Å². The van der Waals surface area contributed by atoms with Gasteiger partial charge in [-0.3, -0.25) is 4.79 Å². The van der Waals surface area contributed by atoms with Crippen molar-refractivity contribution in [1.82, 2.24) is 5.32 Å². The maximum absolute atomic E-state index is 11.0. The molecule has 0 saturated carbocycles. The lowest BCUT2D eigenvalue weighted by Crippen LogP contribution is -2.33. The van der Waals surface area contributed by atoms with Crippen molar-refractivity contribution in [2.24, 2.45) is 0 Å². The highest BCUT2D eigenvalue weighted by Gasteiger charge is 2.07. The summed E-state index contributed by atoms with van der Waals surface area (Å²) in [5.74, 6) is 0.299. The van der Waals surface area contributed by atoms with Crippen LogP contribution in [0.4, 0.5) is 0 Å². The number of nitrogens with one attached hydrogen (secondary N) is 1. The van der Waals surface area contributed by atoms with Crippen molar-refractivity contribution >= 4 is 5.78 Å². The predicted octanol–water partition coefficient (Wildman–Crippen LogP) is 1.35. The van der Waals surface area contributed by atoms with Gasteiger partial charge in [-0.2, -0.15) is 0 Å². The van der Waals surface area contributed by atoms with E-state index in [2.05, 4.69) is 12.2 Å². The molecule has 60 valence electrons. The first-order valence-electron chi connectivity index (χ1n) is 3.98. The second kappa shape index (κ2) is 5.42. The fourth-order valence-electron chi connectivity index (χ4n) is 0.781. The van der Waals surface area contributed by atoms with Crippen molar-refractivity contribution in [2.45, 2.75) is 39.7 Å². The minimum absolute atomic E-state index is 0.0462. The van der Waals surface area contributed by atoms with Crippen LogP contribution in [-0.4, -0.2) is 18.4 Å². The molecule has 10 heavy (non-hydrogen) atoms. The summed E-state index contributed by atoms with van der Waals surface area (Å²) in [6.45, 7) is 6.84. The molecular formula is C8H17NO. The molecule has 0 bridgehead atoms. The highest BCUT2D eigenvalue weighted by atomic mass is 16.1. The van der Waals surface area contributed by atoms with Gasteiger partial charge in [0.05, 0.1) is 6.04 Å². The van der Waals surface area contributed by atoms with Gasteiger partial charge in [-0.1, -0.05) is 13.8 Å². The summed E-state index contributed by atoms with van der Waals surface area (Å²) >= 11 is 0. The lowest BCUT2D eigenvalue weighted by molar-refractivity contribution is -0.120. The second-order valence-corrected chi connectivity index (χ2v) is 2.50. The summed E-state index contributed by atoms with van der Waals surface area (Å²) in [4.78, 5) is 11.0. The van der Waals surface area contributed by atoms with E-state index >= 15 is 0 Å². The van der Waals surface area contributed by atoms with Gasteiger partial charge in [0.25, 0.3) is 0 Å². The second-order valence-electron chi connectivity index (χ2n) is 2.50. The van der Waals surface area contributed by atoms with Crippen LogP contribution in [0.25, 0.3) is 0 Å². The van der Waals surface area contributed by atoms with Gasteiger partial charge in [0.15, 0.2) is 0 Å². The monoisotopic (exact) mass is 143 g/mol. The summed E-state index contributed by atoms with van der Waals surface area (Å²) < 4.78 is 0. The third-order valence-corrected chi connectivity index (χ3v) is 1.53. The van der Waals surface area contributed by atoms with Crippen LogP contribution in [0.2, 0.25) is 0 Å². The van der Waals surface area contributed by atoms with Crippen LogP contribution < -0.4 is 5.32 Å². The summed E-state index contributed by atoms with van der Waals surface area (Å²) in [5.41, 5.74) is 0. The zero-order chi connectivity index (χ0) is 7.98. The summed E-state index contributed by atoms with van der Waals surface area (Å²) in [7, 11) is 0. The zero-order valence-corrected chi connectivity index (χ0v) is 7.11. The molecule has 0 heterocycles. The SMILES string of the molecule is CCCNC(C)C(=O)CC. The molecule has 2 nitrogen and oxygen atoms in total. The summed E-state index contributed by atoms with van der Waals surface area (Å²) in [6, 6.07) is 0.0462. The van der Waals surface area contributed by atoms with Crippen LogP contribution in [-0.2, 0) is 4.79 Å². The molecule has 0 fully saturated rings. The maximum atomic E-state index is 11.0. The number of ketones is 1. The van der Waals surface area contributed by atoms with E-state index in [0.29, 0.717) is 12.2 Å². The molecule has 0 aromatic carbocycles. The van der Waals surface area contributed by atoms with Crippen LogP contribution in [0.15, 0.2) is 0 Å². The molecule has 2 heteroatoms. The molecule has 1 N–H and O–H groups in total.